The molecule has 2 aromatic rings. The summed E-state index contributed by atoms with van der Waals surface area (Å²) in [5, 5.41) is 3.30. The number of pyridine rings is 1. The van der Waals surface area contributed by atoms with E-state index in [0.29, 0.717) is 18.0 Å². The summed E-state index contributed by atoms with van der Waals surface area (Å²) in [5.41, 5.74) is 0.475. The topological polar surface area (TPSA) is 109 Å². The van der Waals surface area contributed by atoms with E-state index in [2.05, 4.69) is 5.32 Å². The molecule has 32 heavy (non-hydrogen) atoms. The predicted molar refractivity (Wildman–Crippen MR) is 119 cm³/mol. The highest BCUT2D eigenvalue weighted by atomic mass is 35.5. The second-order valence-corrected chi connectivity index (χ2v) is 10.3. The number of halogens is 1. The summed E-state index contributed by atoms with van der Waals surface area (Å²) < 4.78 is 26.3. The third kappa shape index (κ3) is 4.43. The van der Waals surface area contributed by atoms with Gasteiger partial charge in [0.2, 0.25) is 10.0 Å². The number of carbonyl (C=O) groups excluding carboxylic acids is 2. The Labute approximate surface area is 190 Å². The molecule has 0 aliphatic carbocycles. The average molecular weight is 479 g/mol. The minimum Gasteiger partial charge on any atom is -0.348 e. The Morgan fingerprint density at radius 1 is 1.09 bits per heavy atom. The van der Waals surface area contributed by atoms with Gasteiger partial charge in [0.1, 0.15) is 11.3 Å². The number of nitrogens with one attached hydrogen (secondary N) is 1. The van der Waals surface area contributed by atoms with E-state index in [1.54, 1.807) is 29.2 Å². The third-order valence-corrected chi connectivity index (χ3v) is 7.42. The first kappa shape index (κ1) is 22.5. The molecule has 1 saturated heterocycles. The Morgan fingerprint density at radius 3 is 2.44 bits per heavy atom. The van der Waals surface area contributed by atoms with Crippen molar-refractivity contribution >= 4 is 33.4 Å². The summed E-state index contributed by atoms with van der Waals surface area (Å²) in [5.74, 6) is -0.866. The molecule has 0 spiro atoms. The Kier molecular flexibility index (Phi) is 6.11. The fourth-order valence-electron chi connectivity index (χ4n) is 3.99. The number of nitrogens with zero attached hydrogens (tertiary/aromatic N) is 3. The molecule has 0 radical (unpaired) electrons. The predicted octanol–water partition coefficient (Wildman–Crippen LogP) is 0.921. The second kappa shape index (κ2) is 8.68. The largest absolute Gasteiger partial charge is 0.348 e. The van der Waals surface area contributed by atoms with Crippen LogP contribution in [0.15, 0.2) is 41.2 Å². The summed E-state index contributed by atoms with van der Waals surface area (Å²) in [4.78, 5) is 39.9. The average Bonchev–Trinajstić information content (AvgIpc) is 2.71. The number of aromatic nitrogens is 1. The zero-order valence-corrected chi connectivity index (χ0v) is 19.0. The maximum Gasteiger partial charge on any atom is 0.270 e. The molecular formula is C21H23ClN4O5S. The molecule has 0 bridgehead atoms. The van der Waals surface area contributed by atoms with Crippen LogP contribution in [0.4, 0.5) is 0 Å². The zero-order chi connectivity index (χ0) is 23.0. The first-order chi connectivity index (χ1) is 15.1. The smallest absolute Gasteiger partial charge is 0.270 e. The Morgan fingerprint density at radius 2 is 1.81 bits per heavy atom. The van der Waals surface area contributed by atoms with Crippen LogP contribution in [0.1, 0.15) is 32.8 Å². The molecule has 4 rings (SSSR count). The van der Waals surface area contributed by atoms with Crippen LogP contribution in [0, 0.1) is 0 Å². The molecule has 2 aliphatic heterocycles. The first-order valence-corrected chi connectivity index (χ1v) is 12.4. The molecule has 1 unspecified atom stereocenters. The fraction of sp³-hybridized carbons (Fsp3) is 0.381. The van der Waals surface area contributed by atoms with Crippen LogP contribution in [-0.2, 0) is 23.1 Å². The van der Waals surface area contributed by atoms with Crippen molar-refractivity contribution < 1.29 is 18.0 Å². The van der Waals surface area contributed by atoms with Gasteiger partial charge in [0.15, 0.2) is 0 Å². The minimum absolute atomic E-state index is 0.0359. The summed E-state index contributed by atoms with van der Waals surface area (Å²) in [7, 11) is -3.30. The summed E-state index contributed by atoms with van der Waals surface area (Å²) in [6, 6.07) is 9.58. The number of amides is 2. The van der Waals surface area contributed by atoms with Gasteiger partial charge >= 0.3 is 0 Å². The SMILES string of the molecule is CS(=O)(=O)N1CCC1CN1CCn2c(ccc(C(=O)NCc3ccc(Cl)cc3)c2=O)C1=O. The van der Waals surface area contributed by atoms with Crippen LogP contribution < -0.4 is 10.9 Å². The Bertz CT molecular complexity index is 1230. The maximum absolute atomic E-state index is 12.9. The van der Waals surface area contributed by atoms with E-state index >= 15 is 0 Å². The van der Waals surface area contributed by atoms with Gasteiger partial charge in [-0.05, 0) is 36.2 Å². The normalized spacial score (nSPS) is 18.8. The quantitative estimate of drug-likeness (QED) is 0.664. The summed E-state index contributed by atoms with van der Waals surface area (Å²) >= 11 is 5.86. The molecule has 9 nitrogen and oxygen atoms in total. The van der Waals surface area contributed by atoms with Gasteiger partial charge in [0.25, 0.3) is 17.4 Å². The van der Waals surface area contributed by atoms with Gasteiger partial charge in [-0.3, -0.25) is 14.4 Å². The van der Waals surface area contributed by atoms with E-state index < -0.39 is 21.5 Å². The molecule has 1 atom stereocenters. The molecule has 1 aromatic carbocycles. The van der Waals surface area contributed by atoms with E-state index in [-0.39, 0.29) is 49.4 Å². The van der Waals surface area contributed by atoms with Crippen molar-refractivity contribution in [3.05, 3.63) is 68.6 Å². The highest BCUT2D eigenvalue weighted by Gasteiger charge is 2.38. The van der Waals surface area contributed by atoms with Crippen LogP contribution in [0.2, 0.25) is 5.02 Å². The molecule has 3 heterocycles. The molecule has 1 aromatic heterocycles. The van der Waals surface area contributed by atoms with Crippen LogP contribution in [0.3, 0.4) is 0 Å². The van der Waals surface area contributed by atoms with E-state index in [9.17, 15) is 22.8 Å². The second-order valence-electron chi connectivity index (χ2n) is 7.97. The minimum atomic E-state index is -3.30. The maximum atomic E-state index is 12.9. The van der Waals surface area contributed by atoms with Gasteiger partial charge in [0.05, 0.1) is 6.26 Å². The van der Waals surface area contributed by atoms with Gasteiger partial charge in [-0.25, -0.2) is 8.42 Å². The molecule has 11 heteroatoms. The van der Waals surface area contributed by atoms with Crippen molar-refractivity contribution in [1.82, 2.24) is 19.1 Å². The van der Waals surface area contributed by atoms with Crippen LogP contribution in [0.5, 0.6) is 0 Å². The van der Waals surface area contributed by atoms with Crippen molar-refractivity contribution in [3.63, 3.8) is 0 Å². The molecule has 2 amide bonds. The lowest BCUT2D eigenvalue weighted by Crippen LogP contribution is -2.57. The number of rotatable bonds is 6. The lowest BCUT2D eigenvalue weighted by atomic mass is 10.1. The highest BCUT2D eigenvalue weighted by molar-refractivity contribution is 7.88. The Hall–Kier alpha value is -2.69. The Balaban J connectivity index is 1.46. The number of sulfonamides is 1. The van der Waals surface area contributed by atoms with Crippen LogP contribution in [0.25, 0.3) is 0 Å². The molecule has 0 saturated carbocycles. The van der Waals surface area contributed by atoms with Gasteiger partial charge in [-0.15, -0.1) is 0 Å². The van der Waals surface area contributed by atoms with E-state index in [1.807, 2.05) is 0 Å². The standard InChI is InChI=1S/C21H23ClN4O5S/c1-32(30,31)26-9-8-16(26)13-24-10-11-25-18(21(24)29)7-6-17(20(25)28)19(27)23-12-14-2-4-15(22)5-3-14/h2-7,16H,8-13H2,1H3,(H,23,27). The molecule has 1 fully saturated rings. The molecule has 1 N–H and O–H groups in total. The number of carbonyl (C=O) groups is 2. The molecule has 170 valence electrons. The molecule has 2 aliphatic rings. The zero-order valence-electron chi connectivity index (χ0n) is 17.5. The van der Waals surface area contributed by atoms with Crippen LogP contribution >= 0.6 is 11.6 Å². The van der Waals surface area contributed by atoms with Crippen molar-refractivity contribution in [2.75, 3.05) is 25.9 Å². The lowest BCUT2D eigenvalue weighted by Gasteiger charge is -2.42. The number of fused-ring (bicyclic) bond motifs is 1. The van der Waals surface area contributed by atoms with Gasteiger partial charge in [0, 0.05) is 43.8 Å². The van der Waals surface area contributed by atoms with Crippen molar-refractivity contribution in [3.8, 4) is 0 Å². The number of hydrogen-bond acceptors (Lipinski definition) is 5. The van der Waals surface area contributed by atoms with Crippen molar-refractivity contribution in [1.29, 1.82) is 0 Å². The number of benzene rings is 1. The van der Waals surface area contributed by atoms with Crippen LogP contribution in [-0.4, -0.2) is 65.9 Å². The van der Waals surface area contributed by atoms with E-state index in [0.717, 1.165) is 11.8 Å². The van der Waals surface area contributed by atoms with Gasteiger partial charge in [-0.2, -0.15) is 4.31 Å². The summed E-state index contributed by atoms with van der Waals surface area (Å²) in [6.07, 6.45) is 1.85. The van der Waals surface area contributed by atoms with Gasteiger partial charge in [-0.1, -0.05) is 23.7 Å². The first-order valence-electron chi connectivity index (χ1n) is 10.2. The van der Waals surface area contributed by atoms with Crippen molar-refractivity contribution in [2.45, 2.75) is 25.6 Å². The summed E-state index contributed by atoms with van der Waals surface area (Å²) in [6.45, 7) is 1.49. The lowest BCUT2D eigenvalue weighted by molar-refractivity contribution is 0.0599. The van der Waals surface area contributed by atoms with E-state index in [1.165, 1.54) is 21.0 Å². The van der Waals surface area contributed by atoms with Crippen molar-refractivity contribution in [2.24, 2.45) is 0 Å². The number of hydrogen-bond donors (Lipinski definition) is 1. The molecular weight excluding hydrogens is 456 g/mol. The monoisotopic (exact) mass is 478 g/mol. The fourth-order valence-corrected chi connectivity index (χ4v) is 5.27. The highest BCUT2D eigenvalue weighted by Crippen LogP contribution is 2.23. The van der Waals surface area contributed by atoms with E-state index in [4.69, 9.17) is 11.6 Å². The van der Waals surface area contributed by atoms with Gasteiger partial charge < -0.3 is 14.8 Å². The third-order valence-electron chi connectivity index (χ3n) is 5.83.